The lowest BCUT2D eigenvalue weighted by Gasteiger charge is -2.06. The number of hydrogen-bond acceptors (Lipinski definition) is 2. The topological polar surface area (TPSA) is 55.1 Å². The SMILES string of the molecule is NC=O.c1ccc(C2CCNC2)cc1. The Kier molecular flexibility index (Phi) is 4.72. The zero-order valence-corrected chi connectivity index (χ0v) is 8.15. The van der Waals surface area contributed by atoms with E-state index in [0.717, 1.165) is 12.5 Å². The van der Waals surface area contributed by atoms with Gasteiger partial charge in [-0.3, -0.25) is 4.79 Å². The summed E-state index contributed by atoms with van der Waals surface area (Å²) >= 11 is 0. The third kappa shape index (κ3) is 3.18. The van der Waals surface area contributed by atoms with Crippen LogP contribution in [0.4, 0.5) is 0 Å². The zero-order chi connectivity index (χ0) is 10.2. The highest BCUT2D eigenvalue weighted by molar-refractivity contribution is 5.42. The molecule has 1 aromatic rings. The van der Waals surface area contributed by atoms with E-state index in [4.69, 9.17) is 4.79 Å². The molecule has 1 aliphatic heterocycles. The van der Waals surface area contributed by atoms with Crippen molar-refractivity contribution in [2.45, 2.75) is 12.3 Å². The number of hydrogen-bond donors (Lipinski definition) is 2. The van der Waals surface area contributed by atoms with E-state index in [1.54, 1.807) is 0 Å². The number of primary amides is 1. The summed E-state index contributed by atoms with van der Waals surface area (Å²) in [4.78, 5) is 8.58. The Labute approximate surface area is 84.3 Å². The van der Waals surface area contributed by atoms with Crippen LogP contribution in [0.1, 0.15) is 17.9 Å². The third-order valence-electron chi connectivity index (χ3n) is 2.33. The summed E-state index contributed by atoms with van der Waals surface area (Å²) in [5.74, 6) is 0.760. The van der Waals surface area contributed by atoms with Crippen LogP contribution in [0.2, 0.25) is 0 Å². The Hall–Kier alpha value is -1.35. The van der Waals surface area contributed by atoms with E-state index in [9.17, 15) is 0 Å². The minimum atomic E-state index is 0.250. The van der Waals surface area contributed by atoms with Gasteiger partial charge in [-0.15, -0.1) is 0 Å². The molecule has 0 spiro atoms. The molecule has 1 fully saturated rings. The van der Waals surface area contributed by atoms with Gasteiger partial charge in [-0.1, -0.05) is 30.3 Å². The average Bonchev–Trinajstić information content (AvgIpc) is 2.73. The largest absolute Gasteiger partial charge is 0.372 e. The molecule has 0 saturated carbocycles. The Morgan fingerprint density at radius 2 is 2.00 bits per heavy atom. The second-order valence-corrected chi connectivity index (χ2v) is 3.24. The standard InChI is InChI=1S/C10H13N.CH3NO/c1-2-4-9(5-3-1)10-6-7-11-8-10;2-1-3/h1-5,10-11H,6-8H2;1H,(H2,2,3). The zero-order valence-electron chi connectivity index (χ0n) is 8.15. The van der Waals surface area contributed by atoms with Gasteiger partial charge in [-0.05, 0) is 24.4 Å². The Morgan fingerprint density at radius 3 is 2.50 bits per heavy atom. The first-order valence-corrected chi connectivity index (χ1v) is 4.79. The summed E-state index contributed by atoms with van der Waals surface area (Å²) in [6.07, 6.45) is 1.55. The van der Waals surface area contributed by atoms with Crippen molar-refractivity contribution in [2.24, 2.45) is 5.73 Å². The summed E-state index contributed by atoms with van der Waals surface area (Å²) in [6, 6.07) is 10.8. The number of nitrogens with two attached hydrogens (primary N) is 1. The lowest BCUT2D eigenvalue weighted by Crippen LogP contribution is -2.07. The summed E-state index contributed by atoms with van der Waals surface area (Å²) in [5, 5.41) is 3.37. The monoisotopic (exact) mass is 192 g/mol. The van der Waals surface area contributed by atoms with Crippen LogP contribution in [0.3, 0.4) is 0 Å². The molecule has 1 aliphatic rings. The highest BCUT2D eigenvalue weighted by Crippen LogP contribution is 2.21. The number of amides is 1. The van der Waals surface area contributed by atoms with E-state index in [1.165, 1.54) is 18.5 Å². The molecule has 3 nitrogen and oxygen atoms in total. The van der Waals surface area contributed by atoms with Crippen LogP contribution >= 0.6 is 0 Å². The summed E-state index contributed by atoms with van der Waals surface area (Å²) < 4.78 is 0. The molecule has 3 N–H and O–H groups in total. The molecule has 1 saturated heterocycles. The van der Waals surface area contributed by atoms with Crippen LogP contribution in [0.25, 0.3) is 0 Å². The van der Waals surface area contributed by atoms with Crippen LogP contribution < -0.4 is 11.1 Å². The molecule has 76 valence electrons. The van der Waals surface area contributed by atoms with Crippen LogP contribution in [0.5, 0.6) is 0 Å². The Bertz CT molecular complexity index is 255. The summed E-state index contributed by atoms with van der Waals surface area (Å²) in [5.41, 5.74) is 5.65. The fourth-order valence-corrected chi connectivity index (χ4v) is 1.66. The van der Waals surface area contributed by atoms with Gasteiger partial charge >= 0.3 is 0 Å². The van der Waals surface area contributed by atoms with E-state index >= 15 is 0 Å². The van der Waals surface area contributed by atoms with Crippen LogP contribution in [0, 0.1) is 0 Å². The van der Waals surface area contributed by atoms with E-state index in [0.29, 0.717) is 0 Å². The fourth-order valence-electron chi connectivity index (χ4n) is 1.66. The highest BCUT2D eigenvalue weighted by Gasteiger charge is 2.15. The normalized spacial score (nSPS) is 19.6. The Morgan fingerprint density at radius 1 is 1.36 bits per heavy atom. The lowest BCUT2D eigenvalue weighted by atomic mass is 9.99. The van der Waals surface area contributed by atoms with Gasteiger partial charge in [-0.2, -0.15) is 0 Å². The minimum Gasteiger partial charge on any atom is -0.372 e. The quantitative estimate of drug-likeness (QED) is 0.648. The molecule has 0 aromatic heterocycles. The minimum absolute atomic E-state index is 0.250. The predicted octanol–water partition coefficient (Wildman–Crippen LogP) is 0.865. The van der Waals surface area contributed by atoms with Crippen molar-refractivity contribution in [2.75, 3.05) is 13.1 Å². The van der Waals surface area contributed by atoms with E-state index in [1.807, 2.05) is 0 Å². The number of carbonyl (C=O) groups is 1. The second kappa shape index (κ2) is 6.16. The predicted molar refractivity (Wildman–Crippen MR) is 56.9 cm³/mol. The van der Waals surface area contributed by atoms with Crippen molar-refractivity contribution in [3.8, 4) is 0 Å². The van der Waals surface area contributed by atoms with Gasteiger partial charge in [-0.25, -0.2) is 0 Å². The smallest absolute Gasteiger partial charge is 0.204 e. The first-order chi connectivity index (χ1) is 6.88. The van der Waals surface area contributed by atoms with Crippen LogP contribution in [-0.2, 0) is 4.79 Å². The van der Waals surface area contributed by atoms with E-state index in [2.05, 4.69) is 41.4 Å². The maximum Gasteiger partial charge on any atom is 0.204 e. The van der Waals surface area contributed by atoms with Gasteiger partial charge in [0, 0.05) is 6.54 Å². The fraction of sp³-hybridized carbons (Fsp3) is 0.364. The molecule has 0 aliphatic carbocycles. The van der Waals surface area contributed by atoms with Gasteiger partial charge in [0.15, 0.2) is 0 Å². The summed E-state index contributed by atoms with van der Waals surface area (Å²) in [7, 11) is 0. The van der Waals surface area contributed by atoms with Gasteiger partial charge in [0.2, 0.25) is 6.41 Å². The molecule has 1 aromatic carbocycles. The summed E-state index contributed by atoms with van der Waals surface area (Å²) in [6.45, 7) is 2.34. The Balaban J connectivity index is 0.000000293. The maximum absolute atomic E-state index is 8.58. The second-order valence-electron chi connectivity index (χ2n) is 3.24. The van der Waals surface area contributed by atoms with E-state index in [-0.39, 0.29) is 6.41 Å². The van der Waals surface area contributed by atoms with Crippen LogP contribution in [0.15, 0.2) is 30.3 Å². The first-order valence-electron chi connectivity index (χ1n) is 4.79. The molecule has 0 radical (unpaired) electrons. The molecule has 14 heavy (non-hydrogen) atoms. The number of benzene rings is 1. The first kappa shape index (κ1) is 10.7. The van der Waals surface area contributed by atoms with Gasteiger partial charge in [0.25, 0.3) is 0 Å². The van der Waals surface area contributed by atoms with Crippen molar-refractivity contribution in [1.29, 1.82) is 0 Å². The van der Waals surface area contributed by atoms with Gasteiger partial charge in [0.1, 0.15) is 0 Å². The van der Waals surface area contributed by atoms with Crippen molar-refractivity contribution in [1.82, 2.24) is 5.32 Å². The number of carbonyl (C=O) groups excluding carboxylic acids is 1. The molecule has 3 heteroatoms. The molecule has 1 heterocycles. The van der Waals surface area contributed by atoms with E-state index < -0.39 is 0 Å². The van der Waals surface area contributed by atoms with Crippen molar-refractivity contribution >= 4 is 6.41 Å². The lowest BCUT2D eigenvalue weighted by molar-refractivity contribution is -0.106. The van der Waals surface area contributed by atoms with Crippen molar-refractivity contribution in [3.05, 3.63) is 35.9 Å². The van der Waals surface area contributed by atoms with Gasteiger partial charge < -0.3 is 11.1 Å². The molecular weight excluding hydrogens is 176 g/mol. The van der Waals surface area contributed by atoms with Crippen LogP contribution in [-0.4, -0.2) is 19.5 Å². The third-order valence-corrected chi connectivity index (χ3v) is 2.33. The average molecular weight is 192 g/mol. The molecule has 1 atom stereocenters. The van der Waals surface area contributed by atoms with Crippen molar-refractivity contribution < 1.29 is 4.79 Å². The maximum atomic E-state index is 8.58. The molecular formula is C11H16N2O. The van der Waals surface area contributed by atoms with Gasteiger partial charge in [0.05, 0.1) is 0 Å². The van der Waals surface area contributed by atoms with Crippen molar-refractivity contribution in [3.63, 3.8) is 0 Å². The molecule has 2 rings (SSSR count). The highest BCUT2D eigenvalue weighted by atomic mass is 16.1. The molecule has 1 amide bonds. The molecule has 0 bridgehead atoms. The number of rotatable bonds is 1. The molecule has 1 unspecified atom stereocenters. The number of nitrogens with one attached hydrogen (secondary N) is 1.